The third-order valence-electron chi connectivity index (χ3n) is 1.33. The normalized spacial score (nSPS) is 19.2. The summed E-state index contributed by atoms with van der Waals surface area (Å²) in [5.74, 6) is 0. The molecule has 0 unspecified atom stereocenters. The van der Waals surface area contributed by atoms with Crippen LogP contribution < -0.4 is 0 Å². The molecule has 0 bridgehead atoms. The van der Waals surface area contributed by atoms with Crippen LogP contribution in [0.3, 0.4) is 0 Å². The second-order valence-electron chi connectivity index (χ2n) is 2.10. The molecule has 0 heterocycles. The van der Waals surface area contributed by atoms with E-state index < -0.39 is 0 Å². The van der Waals surface area contributed by atoms with Crippen LogP contribution in [0, 0.1) is 25.7 Å². The van der Waals surface area contributed by atoms with Gasteiger partial charge in [-0.15, -0.1) is 0 Å². The minimum absolute atomic E-state index is 0. The maximum absolute atomic E-state index is 2.25. The molecule has 0 aromatic carbocycles. The average molecular weight is 286 g/mol. The van der Waals surface area contributed by atoms with E-state index in [1.165, 1.54) is 25.7 Å². The summed E-state index contributed by atoms with van der Waals surface area (Å²) < 4.78 is 0. The first-order valence-corrected chi connectivity index (χ1v) is 3.27. The monoisotopic (exact) mass is 286 g/mol. The third kappa shape index (κ3) is 8.31. The zero-order valence-corrected chi connectivity index (χ0v) is 12.0. The minimum Gasteiger partial charge on any atom is -0.386 e. The largest absolute Gasteiger partial charge is 0.386 e. The van der Waals surface area contributed by atoms with Gasteiger partial charge in [-0.1, -0.05) is 0 Å². The van der Waals surface area contributed by atoms with Crippen molar-refractivity contribution < 1.29 is 65.4 Å². The smallest absolute Gasteiger partial charge is 0 e. The van der Waals surface area contributed by atoms with E-state index in [9.17, 15) is 0 Å². The van der Waals surface area contributed by atoms with Gasteiger partial charge in [-0.05, 0) is 0 Å². The summed E-state index contributed by atoms with van der Waals surface area (Å²) in [7, 11) is 0. The van der Waals surface area contributed by atoms with E-state index in [1.807, 2.05) is 0 Å². The van der Waals surface area contributed by atoms with E-state index in [0.717, 1.165) is 0 Å². The molecule has 2 aliphatic carbocycles. The molecular weight excluding hydrogens is 274 g/mol. The van der Waals surface area contributed by atoms with Crippen molar-refractivity contribution in [3.8, 4) is 0 Å². The van der Waals surface area contributed by atoms with Crippen molar-refractivity contribution in [3.05, 3.63) is 25.7 Å². The summed E-state index contributed by atoms with van der Waals surface area (Å²) in [5.41, 5.74) is 0. The molecule has 0 aromatic heterocycles. The Morgan fingerprint density at radius 1 is 0.500 bits per heavy atom. The van der Waals surface area contributed by atoms with Gasteiger partial charge in [-0.25, -0.2) is 0 Å². The van der Waals surface area contributed by atoms with Crippen LogP contribution in [0.25, 0.3) is 0 Å². The fourth-order valence-corrected chi connectivity index (χ4v) is 0.333. The van der Waals surface area contributed by atoms with Crippen molar-refractivity contribution >= 4 is 0 Å². The SMILES string of the molecule is [CH-]1C[CH-]C1.[CH-]1C[CH-]C1.[Y].[Y]. The summed E-state index contributed by atoms with van der Waals surface area (Å²) in [5, 5.41) is 0. The molecule has 0 spiro atoms. The number of hydrogen-bond donors (Lipinski definition) is 0. The maximum Gasteiger partial charge on any atom is 0 e. The van der Waals surface area contributed by atoms with Crippen molar-refractivity contribution in [2.75, 3.05) is 0 Å². The Morgan fingerprint density at radius 2 is 0.600 bits per heavy atom. The van der Waals surface area contributed by atoms with Crippen molar-refractivity contribution in [1.82, 2.24) is 0 Å². The predicted octanol–water partition coefficient (Wildman–Crippen LogP) is 2.37. The molecule has 2 aliphatic rings. The quantitative estimate of drug-likeness (QED) is 0.600. The molecule has 0 atom stereocenters. The van der Waals surface area contributed by atoms with Gasteiger partial charge >= 0.3 is 0 Å². The van der Waals surface area contributed by atoms with Gasteiger partial charge in [0.05, 0.1) is 0 Å². The first-order chi connectivity index (χ1) is 4.00. The van der Waals surface area contributed by atoms with Crippen molar-refractivity contribution in [3.63, 3.8) is 0 Å². The van der Waals surface area contributed by atoms with Crippen LogP contribution in [0.1, 0.15) is 25.7 Å². The summed E-state index contributed by atoms with van der Waals surface area (Å²) in [4.78, 5) is 0. The van der Waals surface area contributed by atoms with E-state index in [2.05, 4.69) is 25.7 Å². The van der Waals surface area contributed by atoms with Crippen LogP contribution in [0.4, 0.5) is 0 Å². The number of hydrogen-bond acceptors (Lipinski definition) is 0. The van der Waals surface area contributed by atoms with Gasteiger partial charge < -0.3 is 51.4 Å². The van der Waals surface area contributed by atoms with Crippen LogP contribution in [-0.2, 0) is 65.4 Å². The minimum atomic E-state index is 0. The second-order valence-corrected chi connectivity index (χ2v) is 2.10. The van der Waals surface area contributed by atoms with Gasteiger partial charge in [0.1, 0.15) is 0 Å². The third-order valence-corrected chi connectivity index (χ3v) is 1.33. The van der Waals surface area contributed by atoms with Gasteiger partial charge in [0.25, 0.3) is 0 Å². The molecule has 0 saturated heterocycles. The molecule has 2 saturated carbocycles. The van der Waals surface area contributed by atoms with Crippen LogP contribution in [0.15, 0.2) is 0 Å². The van der Waals surface area contributed by atoms with Crippen LogP contribution in [0.2, 0.25) is 0 Å². The molecule has 2 fully saturated rings. The molecule has 0 aromatic rings. The van der Waals surface area contributed by atoms with Gasteiger partial charge in [0, 0.05) is 65.4 Å². The van der Waals surface area contributed by atoms with E-state index in [-0.39, 0.29) is 65.4 Å². The first-order valence-electron chi connectivity index (χ1n) is 3.27. The summed E-state index contributed by atoms with van der Waals surface area (Å²) in [6.45, 7) is 0. The molecule has 0 amide bonds. The van der Waals surface area contributed by atoms with Gasteiger partial charge in [-0.3, -0.25) is 0 Å². The van der Waals surface area contributed by atoms with Gasteiger partial charge in [0.15, 0.2) is 0 Å². The molecular formula is C8H12Y2-4. The van der Waals surface area contributed by atoms with E-state index in [4.69, 9.17) is 0 Å². The standard InChI is InChI=1S/2C4H6.2Y/c2*1-2-4-3-1;;/h2*1,4H,2-3H2;;/q2*-2;;. The zero-order valence-electron chi connectivity index (χ0n) is 6.29. The molecule has 0 N–H and O–H groups in total. The fraction of sp³-hybridized carbons (Fsp3) is 0.500. The Kier molecular flexibility index (Phi) is 16.5. The van der Waals surface area contributed by atoms with Crippen LogP contribution >= 0.6 is 0 Å². The number of rotatable bonds is 0. The summed E-state index contributed by atoms with van der Waals surface area (Å²) in [6.07, 6.45) is 14.0. The summed E-state index contributed by atoms with van der Waals surface area (Å²) in [6, 6.07) is 0. The predicted molar refractivity (Wildman–Crippen MR) is 35.7 cm³/mol. The van der Waals surface area contributed by atoms with E-state index in [1.54, 1.807) is 0 Å². The van der Waals surface area contributed by atoms with Gasteiger partial charge in [0.2, 0.25) is 0 Å². The average Bonchev–Trinajstić information content (AvgIpc) is 1.12. The Balaban J connectivity index is 0. The van der Waals surface area contributed by atoms with Crippen molar-refractivity contribution in [1.29, 1.82) is 0 Å². The maximum atomic E-state index is 2.25. The Labute approximate surface area is 115 Å². The molecule has 2 rings (SSSR count). The van der Waals surface area contributed by atoms with Gasteiger partial charge in [-0.2, -0.15) is 0 Å². The molecule has 54 valence electrons. The second kappa shape index (κ2) is 11.2. The molecule has 0 nitrogen and oxygen atoms in total. The van der Waals surface area contributed by atoms with Crippen molar-refractivity contribution in [2.24, 2.45) is 0 Å². The molecule has 0 aliphatic heterocycles. The molecule has 2 radical (unpaired) electrons. The zero-order chi connectivity index (χ0) is 5.66. The van der Waals surface area contributed by atoms with E-state index >= 15 is 0 Å². The Bertz CT molecular complexity index is 31.2. The summed E-state index contributed by atoms with van der Waals surface area (Å²) >= 11 is 0. The fourth-order valence-electron chi connectivity index (χ4n) is 0.333. The molecule has 10 heavy (non-hydrogen) atoms. The topological polar surface area (TPSA) is 0 Å². The Hall–Kier alpha value is 2.21. The first kappa shape index (κ1) is 14.7. The van der Waals surface area contributed by atoms with Crippen molar-refractivity contribution in [2.45, 2.75) is 25.7 Å². The van der Waals surface area contributed by atoms with E-state index in [0.29, 0.717) is 0 Å². The van der Waals surface area contributed by atoms with Crippen LogP contribution in [-0.4, -0.2) is 0 Å². The molecule has 2 heteroatoms. The van der Waals surface area contributed by atoms with Crippen LogP contribution in [0.5, 0.6) is 0 Å². The Morgan fingerprint density at radius 3 is 0.600 bits per heavy atom.